The zero-order chi connectivity index (χ0) is 13.9. The molecule has 0 bridgehead atoms. The molecule has 0 atom stereocenters. The Morgan fingerprint density at radius 3 is 2.84 bits per heavy atom. The summed E-state index contributed by atoms with van der Waals surface area (Å²) in [6.07, 6.45) is 6.32. The Bertz CT molecular complexity index is 520. The number of aliphatic carboxylic acids is 1. The topological polar surface area (TPSA) is 84.2 Å². The number of hydrogen-bond acceptors (Lipinski definition) is 4. The van der Waals surface area contributed by atoms with E-state index in [0.717, 1.165) is 12.8 Å². The Morgan fingerprint density at radius 1 is 1.58 bits per heavy atom. The van der Waals surface area contributed by atoms with Crippen LogP contribution in [0.15, 0.2) is 17.2 Å². The number of anilines is 1. The molecule has 1 fully saturated rings. The second kappa shape index (κ2) is 5.42. The quantitative estimate of drug-likeness (QED) is 0.810. The molecule has 104 valence electrons. The monoisotopic (exact) mass is 265 g/mol. The maximum Gasteiger partial charge on any atom is 0.311 e. The molecule has 0 unspecified atom stereocenters. The summed E-state index contributed by atoms with van der Waals surface area (Å²) in [5, 5.41) is 12.1. The molecule has 19 heavy (non-hydrogen) atoms. The molecule has 0 saturated heterocycles. The molecule has 0 amide bonds. The van der Waals surface area contributed by atoms with Crippen molar-refractivity contribution in [3.05, 3.63) is 22.7 Å². The fraction of sp³-hybridized carbons (Fsp3) is 0.615. The van der Waals surface area contributed by atoms with Crippen LogP contribution in [0.3, 0.4) is 0 Å². The van der Waals surface area contributed by atoms with Gasteiger partial charge in [-0.25, -0.2) is 4.98 Å². The smallest absolute Gasteiger partial charge is 0.311 e. The van der Waals surface area contributed by atoms with Crippen molar-refractivity contribution in [2.75, 3.05) is 11.9 Å². The van der Waals surface area contributed by atoms with Crippen LogP contribution in [0.5, 0.6) is 0 Å². The van der Waals surface area contributed by atoms with Gasteiger partial charge < -0.3 is 15.0 Å². The SMILES string of the molecule is CCCn1ccnc(NCC2(C(=O)O)CCC2)c1=O. The number of aromatic nitrogens is 2. The van der Waals surface area contributed by atoms with Gasteiger partial charge in [0.25, 0.3) is 5.56 Å². The lowest BCUT2D eigenvalue weighted by atomic mass is 9.69. The fourth-order valence-corrected chi connectivity index (χ4v) is 2.31. The van der Waals surface area contributed by atoms with Gasteiger partial charge in [-0.2, -0.15) is 0 Å². The average Bonchev–Trinajstić information content (AvgIpc) is 2.32. The van der Waals surface area contributed by atoms with Crippen LogP contribution < -0.4 is 10.9 Å². The van der Waals surface area contributed by atoms with Gasteiger partial charge >= 0.3 is 5.97 Å². The zero-order valence-electron chi connectivity index (χ0n) is 11.1. The molecule has 1 aromatic heterocycles. The van der Waals surface area contributed by atoms with Crippen molar-refractivity contribution in [1.29, 1.82) is 0 Å². The van der Waals surface area contributed by atoms with Gasteiger partial charge in [0, 0.05) is 25.5 Å². The standard InChI is InChI=1S/C13H19N3O3/c1-2-7-16-8-6-14-10(11(16)17)15-9-13(12(18)19)4-3-5-13/h6,8H,2-5,7,9H2,1H3,(H,14,15)(H,18,19). The first-order valence-electron chi connectivity index (χ1n) is 6.62. The van der Waals surface area contributed by atoms with Crippen molar-refractivity contribution < 1.29 is 9.90 Å². The molecule has 1 aliphatic rings. The first kappa shape index (κ1) is 13.6. The summed E-state index contributed by atoms with van der Waals surface area (Å²) >= 11 is 0. The summed E-state index contributed by atoms with van der Waals surface area (Å²) in [5.74, 6) is -0.556. The number of aryl methyl sites for hydroxylation is 1. The van der Waals surface area contributed by atoms with Crippen LogP contribution in [0, 0.1) is 5.41 Å². The van der Waals surface area contributed by atoms with Gasteiger partial charge in [-0.15, -0.1) is 0 Å². The molecule has 2 N–H and O–H groups in total. The summed E-state index contributed by atoms with van der Waals surface area (Å²) in [6.45, 7) is 2.90. The van der Waals surface area contributed by atoms with Gasteiger partial charge in [0.2, 0.25) is 0 Å². The van der Waals surface area contributed by atoms with Crippen LogP contribution in [-0.2, 0) is 11.3 Å². The zero-order valence-corrected chi connectivity index (χ0v) is 11.1. The van der Waals surface area contributed by atoms with E-state index in [1.54, 1.807) is 17.0 Å². The van der Waals surface area contributed by atoms with Crippen LogP contribution in [0.25, 0.3) is 0 Å². The lowest BCUT2D eigenvalue weighted by molar-refractivity contribution is -0.153. The summed E-state index contributed by atoms with van der Waals surface area (Å²) in [4.78, 5) is 27.3. The number of carboxylic acids is 1. The first-order chi connectivity index (χ1) is 9.09. The van der Waals surface area contributed by atoms with E-state index in [4.69, 9.17) is 0 Å². The Morgan fingerprint density at radius 2 is 2.32 bits per heavy atom. The molecule has 1 aromatic rings. The number of nitrogens with one attached hydrogen (secondary N) is 1. The predicted octanol–water partition coefficient (Wildman–Crippen LogP) is 1.32. The van der Waals surface area contributed by atoms with E-state index in [0.29, 0.717) is 19.4 Å². The lowest BCUT2D eigenvalue weighted by Crippen LogP contribution is -2.44. The largest absolute Gasteiger partial charge is 0.481 e. The Hall–Kier alpha value is -1.85. The minimum absolute atomic E-state index is 0.191. The highest BCUT2D eigenvalue weighted by Crippen LogP contribution is 2.40. The molecule has 0 aliphatic heterocycles. The molecule has 1 heterocycles. The Balaban J connectivity index is 2.09. The van der Waals surface area contributed by atoms with Gasteiger partial charge in [0.1, 0.15) is 0 Å². The Kier molecular flexibility index (Phi) is 3.87. The van der Waals surface area contributed by atoms with Crippen molar-refractivity contribution in [2.45, 2.75) is 39.2 Å². The van der Waals surface area contributed by atoms with E-state index in [-0.39, 0.29) is 17.9 Å². The number of rotatable bonds is 6. The molecule has 1 aliphatic carbocycles. The van der Waals surface area contributed by atoms with Gasteiger partial charge in [-0.1, -0.05) is 13.3 Å². The summed E-state index contributed by atoms with van der Waals surface area (Å²) < 4.78 is 1.59. The highest BCUT2D eigenvalue weighted by Gasteiger charge is 2.44. The van der Waals surface area contributed by atoms with Crippen LogP contribution in [-0.4, -0.2) is 27.2 Å². The molecular formula is C13H19N3O3. The van der Waals surface area contributed by atoms with Gasteiger partial charge in [0.15, 0.2) is 5.82 Å². The van der Waals surface area contributed by atoms with E-state index >= 15 is 0 Å². The minimum Gasteiger partial charge on any atom is -0.481 e. The molecule has 6 nitrogen and oxygen atoms in total. The predicted molar refractivity (Wildman–Crippen MR) is 71.2 cm³/mol. The minimum atomic E-state index is -0.795. The van der Waals surface area contributed by atoms with E-state index in [9.17, 15) is 14.7 Å². The number of carbonyl (C=O) groups is 1. The van der Waals surface area contributed by atoms with Crippen molar-refractivity contribution in [3.63, 3.8) is 0 Å². The van der Waals surface area contributed by atoms with E-state index in [1.807, 2.05) is 6.92 Å². The third-order valence-electron chi connectivity index (χ3n) is 3.74. The third kappa shape index (κ3) is 2.62. The molecule has 6 heteroatoms. The molecule has 0 spiro atoms. The van der Waals surface area contributed by atoms with Gasteiger partial charge in [-0.3, -0.25) is 9.59 Å². The van der Waals surface area contributed by atoms with Crippen molar-refractivity contribution >= 4 is 11.8 Å². The summed E-state index contributed by atoms with van der Waals surface area (Å²) in [6, 6.07) is 0. The second-order valence-corrected chi connectivity index (χ2v) is 5.07. The number of nitrogens with zero attached hydrogens (tertiary/aromatic N) is 2. The maximum absolute atomic E-state index is 12.0. The van der Waals surface area contributed by atoms with Crippen molar-refractivity contribution in [3.8, 4) is 0 Å². The normalized spacial score (nSPS) is 16.7. The molecule has 0 aromatic carbocycles. The van der Waals surface area contributed by atoms with E-state index < -0.39 is 11.4 Å². The fourth-order valence-electron chi connectivity index (χ4n) is 2.31. The maximum atomic E-state index is 12.0. The van der Waals surface area contributed by atoms with Crippen LogP contribution in [0.4, 0.5) is 5.82 Å². The lowest BCUT2D eigenvalue weighted by Gasteiger charge is -2.37. The number of carboxylic acid groups (broad SMARTS) is 1. The molecule has 1 saturated carbocycles. The molecule has 2 rings (SSSR count). The highest BCUT2D eigenvalue weighted by molar-refractivity contribution is 5.76. The summed E-state index contributed by atoms with van der Waals surface area (Å²) in [7, 11) is 0. The highest BCUT2D eigenvalue weighted by atomic mass is 16.4. The van der Waals surface area contributed by atoms with Gasteiger partial charge in [-0.05, 0) is 19.3 Å². The second-order valence-electron chi connectivity index (χ2n) is 5.07. The summed E-state index contributed by atoms with van der Waals surface area (Å²) in [5.41, 5.74) is -0.913. The average molecular weight is 265 g/mol. The van der Waals surface area contributed by atoms with E-state index in [1.165, 1.54) is 0 Å². The third-order valence-corrected chi connectivity index (χ3v) is 3.74. The Labute approximate surface area is 111 Å². The molecular weight excluding hydrogens is 246 g/mol. The van der Waals surface area contributed by atoms with Crippen LogP contribution in [0.2, 0.25) is 0 Å². The molecule has 0 radical (unpaired) electrons. The first-order valence-corrected chi connectivity index (χ1v) is 6.62. The van der Waals surface area contributed by atoms with Crippen molar-refractivity contribution in [1.82, 2.24) is 9.55 Å². The van der Waals surface area contributed by atoms with E-state index in [2.05, 4.69) is 10.3 Å². The van der Waals surface area contributed by atoms with Crippen LogP contribution >= 0.6 is 0 Å². The number of hydrogen-bond donors (Lipinski definition) is 2. The van der Waals surface area contributed by atoms with Crippen molar-refractivity contribution in [2.24, 2.45) is 5.41 Å². The van der Waals surface area contributed by atoms with Crippen LogP contribution in [0.1, 0.15) is 32.6 Å². The van der Waals surface area contributed by atoms with Gasteiger partial charge in [0.05, 0.1) is 5.41 Å².